The van der Waals surface area contributed by atoms with Crippen LogP contribution < -0.4 is 5.32 Å². The van der Waals surface area contributed by atoms with E-state index in [4.69, 9.17) is 0 Å². The van der Waals surface area contributed by atoms with Crippen molar-refractivity contribution in [2.75, 3.05) is 5.32 Å². The Labute approximate surface area is 113 Å². The molecule has 0 saturated heterocycles. The van der Waals surface area contributed by atoms with Crippen molar-refractivity contribution < 1.29 is 14.1 Å². The maximum absolute atomic E-state index is 12.9. The Balaban J connectivity index is 2.37. The first-order chi connectivity index (χ1) is 9.49. The van der Waals surface area contributed by atoms with Crippen LogP contribution in [0.2, 0.25) is 0 Å². The van der Waals surface area contributed by atoms with Gasteiger partial charge in [0.2, 0.25) is 5.95 Å². The van der Waals surface area contributed by atoms with Crippen molar-refractivity contribution in [3.8, 4) is 0 Å². The van der Waals surface area contributed by atoms with Gasteiger partial charge >= 0.3 is 0 Å². The molecule has 1 aromatic carbocycles. The summed E-state index contributed by atoms with van der Waals surface area (Å²) in [6, 6.07) is 8.22. The third-order valence-corrected chi connectivity index (χ3v) is 2.63. The van der Waals surface area contributed by atoms with Crippen LogP contribution in [0.4, 0.5) is 15.9 Å². The number of amides is 1. The quantitative estimate of drug-likeness (QED) is 0.530. The number of hydrogen-bond donors (Lipinski definition) is 1. The summed E-state index contributed by atoms with van der Waals surface area (Å²) in [4.78, 5) is 25.9. The van der Waals surface area contributed by atoms with E-state index >= 15 is 0 Å². The summed E-state index contributed by atoms with van der Waals surface area (Å²) < 4.78 is 12.9. The summed E-state index contributed by atoms with van der Waals surface area (Å²) in [6.45, 7) is 1.58. The third kappa shape index (κ3) is 2.77. The molecule has 1 aromatic heterocycles. The van der Waals surface area contributed by atoms with Crippen molar-refractivity contribution in [1.29, 1.82) is 0 Å². The molecule has 1 N–H and O–H groups in total. The summed E-state index contributed by atoms with van der Waals surface area (Å²) in [5.41, 5.74) is 0.0792. The first-order valence-electron chi connectivity index (χ1n) is 5.67. The molecular weight excluding hydrogens is 265 g/mol. The topological polar surface area (TPSA) is 85.1 Å². The predicted molar refractivity (Wildman–Crippen MR) is 70.0 cm³/mol. The zero-order valence-electron chi connectivity index (χ0n) is 10.5. The fourth-order valence-electron chi connectivity index (χ4n) is 1.76. The molecule has 1 amide bonds. The molecule has 0 saturated carbocycles. The van der Waals surface area contributed by atoms with Gasteiger partial charge in [0.05, 0.1) is 4.92 Å². The summed E-state index contributed by atoms with van der Waals surface area (Å²) in [5, 5.41) is 13.3. The number of halogens is 1. The standard InChI is InChI=1S/C13H10FN3O3/c1-8-4-2-5-9(17(19)20)12(8)13(18)16-11-7-3-6-10(14)15-11/h2-7H,1H3,(H,15,16,18). The minimum atomic E-state index is -0.748. The molecule has 0 aliphatic carbocycles. The minimum Gasteiger partial charge on any atom is -0.306 e. The van der Waals surface area contributed by atoms with E-state index < -0.39 is 16.8 Å². The second-order valence-corrected chi connectivity index (χ2v) is 4.03. The van der Waals surface area contributed by atoms with Crippen molar-refractivity contribution in [1.82, 2.24) is 4.98 Å². The summed E-state index contributed by atoms with van der Waals surface area (Å²) in [6.07, 6.45) is 0. The Bertz CT molecular complexity index is 688. The number of nitro groups is 1. The first kappa shape index (κ1) is 13.6. The van der Waals surface area contributed by atoms with Gasteiger partial charge in [0.15, 0.2) is 0 Å². The fourth-order valence-corrected chi connectivity index (χ4v) is 1.76. The van der Waals surface area contributed by atoms with Crippen LogP contribution in [-0.2, 0) is 0 Å². The lowest BCUT2D eigenvalue weighted by atomic mass is 10.1. The highest BCUT2D eigenvalue weighted by Gasteiger charge is 2.22. The molecule has 1 heterocycles. The van der Waals surface area contributed by atoms with Crippen molar-refractivity contribution >= 4 is 17.4 Å². The summed E-state index contributed by atoms with van der Waals surface area (Å²) in [7, 11) is 0. The van der Waals surface area contributed by atoms with Crippen LogP contribution in [0, 0.1) is 23.0 Å². The molecule has 0 radical (unpaired) electrons. The van der Waals surface area contributed by atoms with E-state index in [0.717, 1.165) is 6.07 Å². The minimum absolute atomic E-state index is 0.00690. The van der Waals surface area contributed by atoms with Crippen LogP contribution in [0.25, 0.3) is 0 Å². The Morgan fingerprint density at radius 3 is 2.65 bits per heavy atom. The molecule has 0 aliphatic rings. The van der Waals surface area contributed by atoms with Crippen LogP contribution in [0.1, 0.15) is 15.9 Å². The maximum Gasteiger partial charge on any atom is 0.282 e. The van der Waals surface area contributed by atoms with Gasteiger partial charge in [-0.15, -0.1) is 0 Å². The zero-order valence-corrected chi connectivity index (χ0v) is 10.5. The van der Waals surface area contributed by atoms with E-state index in [2.05, 4.69) is 10.3 Å². The molecule has 0 atom stereocenters. The lowest BCUT2D eigenvalue weighted by Crippen LogP contribution is -2.16. The van der Waals surface area contributed by atoms with Gasteiger partial charge in [-0.1, -0.05) is 18.2 Å². The van der Waals surface area contributed by atoms with Crippen LogP contribution in [0.15, 0.2) is 36.4 Å². The molecule has 2 aromatic rings. The molecule has 0 bridgehead atoms. The van der Waals surface area contributed by atoms with Crippen molar-refractivity contribution in [3.05, 3.63) is 63.6 Å². The van der Waals surface area contributed by atoms with Gasteiger partial charge in [-0.25, -0.2) is 4.98 Å². The number of hydrogen-bond acceptors (Lipinski definition) is 4. The molecule has 0 aliphatic heterocycles. The lowest BCUT2D eigenvalue weighted by Gasteiger charge is -2.07. The number of pyridine rings is 1. The fraction of sp³-hybridized carbons (Fsp3) is 0.0769. The number of nitro benzene ring substituents is 1. The van der Waals surface area contributed by atoms with E-state index in [1.165, 1.54) is 24.3 Å². The van der Waals surface area contributed by atoms with Crippen molar-refractivity contribution in [2.24, 2.45) is 0 Å². The average molecular weight is 275 g/mol. The van der Waals surface area contributed by atoms with Gasteiger partial charge in [0, 0.05) is 6.07 Å². The summed E-state index contributed by atoms with van der Waals surface area (Å²) >= 11 is 0. The molecule has 0 unspecified atom stereocenters. The van der Waals surface area contributed by atoms with E-state index in [1.54, 1.807) is 13.0 Å². The van der Waals surface area contributed by atoms with Gasteiger partial charge in [-0.2, -0.15) is 4.39 Å². The number of anilines is 1. The van der Waals surface area contributed by atoms with E-state index in [1.807, 2.05) is 0 Å². The number of carbonyl (C=O) groups excluding carboxylic acids is 1. The smallest absolute Gasteiger partial charge is 0.282 e. The SMILES string of the molecule is Cc1cccc([N+](=O)[O-])c1C(=O)Nc1cccc(F)n1. The molecule has 2 rings (SSSR count). The predicted octanol–water partition coefficient (Wildman–Crippen LogP) is 2.69. The van der Waals surface area contributed by atoms with Crippen LogP contribution in [-0.4, -0.2) is 15.8 Å². The normalized spacial score (nSPS) is 10.1. The highest BCUT2D eigenvalue weighted by atomic mass is 19.1. The number of carbonyl (C=O) groups is 1. The average Bonchev–Trinajstić information content (AvgIpc) is 2.38. The number of nitrogens with one attached hydrogen (secondary N) is 1. The number of nitrogens with zero attached hydrogens (tertiary/aromatic N) is 2. The molecule has 0 spiro atoms. The lowest BCUT2D eigenvalue weighted by molar-refractivity contribution is -0.385. The molecule has 20 heavy (non-hydrogen) atoms. The molecule has 6 nitrogen and oxygen atoms in total. The van der Waals surface area contributed by atoms with E-state index in [9.17, 15) is 19.3 Å². The number of aryl methyl sites for hydroxylation is 1. The van der Waals surface area contributed by atoms with Crippen LogP contribution in [0.5, 0.6) is 0 Å². The Morgan fingerprint density at radius 2 is 2.00 bits per heavy atom. The van der Waals surface area contributed by atoms with Gasteiger partial charge < -0.3 is 5.32 Å². The second-order valence-electron chi connectivity index (χ2n) is 4.03. The van der Waals surface area contributed by atoms with Gasteiger partial charge in [0.25, 0.3) is 11.6 Å². The first-order valence-corrected chi connectivity index (χ1v) is 5.67. The Kier molecular flexibility index (Phi) is 3.69. The number of aromatic nitrogens is 1. The zero-order chi connectivity index (χ0) is 14.7. The Morgan fingerprint density at radius 1 is 1.30 bits per heavy atom. The van der Waals surface area contributed by atoms with Crippen molar-refractivity contribution in [3.63, 3.8) is 0 Å². The maximum atomic E-state index is 12.9. The largest absolute Gasteiger partial charge is 0.306 e. The van der Waals surface area contributed by atoms with E-state index in [0.29, 0.717) is 5.56 Å². The highest BCUT2D eigenvalue weighted by molar-refractivity contribution is 6.07. The van der Waals surface area contributed by atoms with Gasteiger partial charge in [0.1, 0.15) is 11.4 Å². The van der Waals surface area contributed by atoms with E-state index in [-0.39, 0.29) is 17.1 Å². The Hall–Kier alpha value is -2.83. The molecule has 102 valence electrons. The van der Waals surface area contributed by atoms with Gasteiger partial charge in [-0.3, -0.25) is 14.9 Å². The van der Waals surface area contributed by atoms with Crippen molar-refractivity contribution in [2.45, 2.75) is 6.92 Å². The number of rotatable bonds is 3. The monoisotopic (exact) mass is 275 g/mol. The van der Waals surface area contributed by atoms with Gasteiger partial charge in [-0.05, 0) is 24.6 Å². The van der Waals surface area contributed by atoms with Crippen LogP contribution in [0.3, 0.4) is 0 Å². The number of benzene rings is 1. The summed E-state index contributed by atoms with van der Waals surface area (Å²) in [5.74, 6) is -1.46. The third-order valence-electron chi connectivity index (χ3n) is 2.63. The van der Waals surface area contributed by atoms with Crippen LogP contribution >= 0.6 is 0 Å². The molecular formula is C13H10FN3O3. The molecule has 7 heteroatoms. The highest BCUT2D eigenvalue weighted by Crippen LogP contribution is 2.22. The molecule has 0 fully saturated rings. The second kappa shape index (κ2) is 5.43.